The summed E-state index contributed by atoms with van der Waals surface area (Å²) in [7, 11) is 0. The molecule has 0 aromatic heterocycles. The maximum atomic E-state index is 6.08. The fraction of sp³-hybridized carbons (Fsp3) is 1.00. The molecular formula is C13H27NO. The van der Waals surface area contributed by atoms with Gasteiger partial charge in [-0.2, -0.15) is 0 Å². The van der Waals surface area contributed by atoms with E-state index in [4.69, 9.17) is 10.5 Å². The predicted molar refractivity (Wildman–Crippen MR) is 64.5 cm³/mol. The van der Waals surface area contributed by atoms with Gasteiger partial charge in [0.25, 0.3) is 0 Å². The lowest BCUT2D eigenvalue weighted by Crippen LogP contribution is -2.45. The van der Waals surface area contributed by atoms with E-state index in [1.54, 1.807) is 0 Å². The lowest BCUT2D eigenvalue weighted by molar-refractivity contribution is -0.123. The van der Waals surface area contributed by atoms with Crippen molar-refractivity contribution in [1.29, 1.82) is 0 Å². The van der Waals surface area contributed by atoms with Crippen LogP contribution in [0.1, 0.15) is 54.4 Å². The van der Waals surface area contributed by atoms with E-state index in [0.29, 0.717) is 5.92 Å². The summed E-state index contributed by atoms with van der Waals surface area (Å²) in [4.78, 5) is 0. The zero-order chi connectivity index (χ0) is 11.9. The molecule has 1 saturated carbocycles. The first-order valence-corrected chi connectivity index (χ1v) is 6.03. The summed E-state index contributed by atoms with van der Waals surface area (Å²) in [6.45, 7) is 13.3. The first-order chi connectivity index (χ1) is 6.62. The highest BCUT2D eigenvalue weighted by molar-refractivity contribution is 4.88. The van der Waals surface area contributed by atoms with Crippen LogP contribution in [-0.2, 0) is 4.74 Å². The Bertz CT molecular complexity index is 194. The van der Waals surface area contributed by atoms with Crippen molar-refractivity contribution in [3.63, 3.8) is 0 Å². The van der Waals surface area contributed by atoms with Gasteiger partial charge in [-0.15, -0.1) is 0 Å². The molecule has 0 aromatic rings. The lowest BCUT2D eigenvalue weighted by atomic mass is 9.74. The fourth-order valence-electron chi connectivity index (χ4n) is 2.40. The van der Waals surface area contributed by atoms with Crippen molar-refractivity contribution in [3.8, 4) is 0 Å². The molecule has 2 nitrogen and oxygen atoms in total. The first-order valence-electron chi connectivity index (χ1n) is 6.03. The van der Waals surface area contributed by atoms with Crippen LogP contribution in [0.3, 0.4) is 0 Å². The summed E-state index contributed by atoms with van der Waals surface area (Å²) in [6, 6.07) is 0. The van der Waals surface area contributed by atoms with Gasteiger partial charge in [0, 0.05) is 0 Å². The first kappa shape index (κ1) is 13.0. The average molecular weight is 213 g/mol. The Kier molecular flexibility index (Phi) is 3.52. The highest BCUT2D eigenvalue weighted by Crippen LogP contribution is 2.40. The number of rotatable bonds is 3. The average Bonchev–Trinajstić information content (AvgIpc) is 2.76. The maximum Gasteiger partial charge on any atom is 0.108 e. The molecule has 0 spiro atoms. The van der Waals surface area contributed by atoms with Crippen molar-refractivity contribution in [2.75, 3.05) is 0 Å². The standard InChI is InChI=1S/C13H27NO/c1-12(2,3)11(13(4,5)6)15-10(14)9-7-8-9/h9-11H,7-8,14H2,1-6H3. The molecule has 2 N–H and O–H groups in total. The number of ether oxygens (including phenoxy) is 1. The molecule has 0 radical (unpaired) electrons. The molecule has 2 heteroatoms. The molecule has 0 aliphatic heterocycles. The molecule has 1 atom stereocenters. The van der Waals surface area contributed by atoms with Crippen LogP contribution in [0.15, 0.2) is 0 Å². The monoisotopic (exact) mass is 213 g/mol. The van der Waals surface area contributed by atoms with E-state index in [1.165, 1.54) is 12.8 Å². The van der Waals surface area contributed by atoms with Crippen LogP contribution in [0.5, 0.6) is 0 Å². The third kappa shape index (κ3) is 3.76. The molecule has 0 saturated heterocycles. The van der Waals surface area contributed by atoms with Gasteiger partial charge in [-0.1, -0.05) is 41.5 Å². The molecule has 0 heterocycles. The Labute approximate surface area is 94.6 Å². The summed E-state index contributed by atoms with van der Waals surface area (Å²) < 4.78 is 6.08. The lowest BCUT2D eigenvalue weighted by Gasteiger charge is -2.41. The van der Waals surface area contributed by atoms with Gasteiger partial charge in [-0.3, -0.25) is 0 Å². The molecule has 1 rings (SSSR count). The molecule has 15 heavy (non-hydrogen) atoms. The van der Waals surface area contributed by atoms with Crippen molar-refractivity contribution < 1.29 is 4.74 Å². The minimum atomic E-state index is -0.0616. The normalized spacial score (nSPS) is 20.8. The van der Waals surface area contributed by atoms with Crippen molar-refractivity contribution in [2.45, 2.75) is 66.7 Å². The largest absolute Gasteiger partial charge is 0.359 e. The fourth-order valence-corrected chi connectivity index (χ4v) is 2.40. The van der Waals surface area contributed by atoms with Crippen molar-refractivity contribution in [2.24, 2.45) is 22.5 Å². The van der Waals surface area contributed by atoms with Crippen molar-refractivity contribution >= 4 is 0 Å². The van der Waals surface area contributed by atoms with E-state index in [-0.39, 0.29) is 23.2 Å². The molecule has 0 bridgehead atoms. The minimum Gasteiger partial charge on any atom is -0.359 e. The summed E-state index contributed by atoms with van der Waals surface area (Å²) in [5, 5.41) is 0. The third-order valence-corrected chi connectivity index (χ3v) is 2.95. The van der Waals surface area contributed by atoms with Crippen LogP contribution in [0, 0.1) is 16.7 Å². The quantitative estimate of drug-likeness (QED) is 0.731. The third-order valence-electron chi connectivity index (χ3n) is 2.95. The zero-order valence-corrected chi connectivity index (χ0v) is 11.1. The maximum absolute atomic E-state index is 6.08. The summed E-state index contributed by atoms with van der Waals surface area (Å²) in [5.41, 5.74) is 6.34. The minimum absolute atomic E-state index is 0.0616. The molecule has 0 amide bonds. The number of hydrogen-bond acceptors (Lipinski definition) is 2. The summed E-state index contributed by atoms with van der Waals surface area (Å²) >= 11 is 0. The Balaban J connectivity index is 2.64. The van der Waals surface area contributed by atoms with Gasteiger partial charge in [-0.05, 0) is 29.6 Å². The van der Waals surface area contributed by atoms with Crippen LogP contribution < -0.4 is 5.73 Å². The Morgan fingerprint density at radius 2 is 1.40 bits per heavy atom. The van der Waals surface area contributed by atoms with E-state index in [1.807, 2.05) is 0 Å². The van der Waals surface area contributed by atoms with E-state index in [9.17, 15) is 0 Å². The smallest absolute Gasteiger partial charge is 0.108 e. The molecule has 1 unspecified atom stereocenters. The second-order valence-electron chi connectivity index (χ2n) is 7.05. The van der Waals surface area contributed by atoms with Gasteiger partial charge in [0.1, 0.15) is 6.23 Å². The highest BCUT2D eigenvalue weighted by Gasteiger charge is 2.40. The predicted octanol–water partition coefficient (Wildman–Crippen LogP) is 3.16. The summed E-state index contributed by atoms with van der Waals surface area (Å²) in [6.07, 6.45) is 2.62. The van der Waals surface area contributed by atoms with E-state index in [2.05, 4.69) is 41.5 Å². The van der Waals surface area contributed by atoms with E-state index >= 15 is 0 Å². The Hall–Kier alpha value is -0.0800. The molecule has 1 aliphatic rings. The molecule has 1 fully saturated rings. The van der Waals surface area contributed by atoms with Crippen LogP contribution >= 0.6 is 0 Å². The van der Waals surface area contributed by atoms with Gasteiger partial charge in [0.15, 0.2) is 0 Å². The molecule has 90 valence electrons. The number of nitrogens with two attached hydrogens (primary N) is 1. The van der Waals surface area contributed by atoms with Crippen LogP contribution in [0.25, 0.3) is 0 Å². The molecule has 0 aromatic carbocycles. The van der Waals surface area contributed by atoms with Crippen molar-refractivity contribution in [1.82, 2.24) is 0 Å². The Morgan fingerprint density at radius 3 is 1.67 bits per heavy atom. The zero-order valence-electron chi connectivity index (χ0n) is 11.1. The Morgan fingerprint density at radius 1 is 1.00 bits per heavy atom. The van der Waals surface area contributed by atoms with Crippen molar-refractivity contribution in [3.05, 3.63) is 0 Å². The van der Waals surface area contributed by atoms with Crippen LogP contribution in [-0.4, -0.2) is 12.3 Å². The summed E-state index contributed by atoms with van der Waals surface area (Å²) in [5.74, 6) is 0.609. The van der Waals surface area contributed by atoms with E-state index in [0.717, 1.165) is 0 Å². The molecular weight excluding hydrogens is 186 g/mol. The molecule has 1 aliphatic carbocycles. The highest BCUT2D eigenvalue weighted by atomic mass is 16.5. The topological polar surface area (TPSA) is 35.2 Å². The van der Waals surface area contributed by atoms with Gasteiger partial charge in [0.2, 0.25) is 0 Å². The van der Waals surface area contributed by atoms with Gasteiger partial charge in [-0.25, -0.2) is 0 Å². The van der Waals surface area contributed by atoms with Crippen LogP contribution in [0.2, 0.25) is 0 Å². The van der Waals surface area contributed by atoms with E-state index < -0.39 is 0 Å². The number of hydrogen-bond donors (Lipinski definition) is 1. The second kappa shape index (κ2) is 4.06. The second-order valence-corrected chi connectivity index (χ2v) is 7.05. The SMILES string of the molecule is CC(C)(C)C(OC(N)C1CC1)C(C)(C)C. The van der Waals surface area contributed by atoms with Gasteiger partial charge >= 0.3 is 0 Å². The van der Waals surface area contributed by atoms with Gasteiger partial charge in [0.05, 0.1) is 6.10 Å². The van der Waals surface area contributed by atoms with Gasteiger partial charge < -0.3 is 10.5 Å². The van der Waals surface area contributed by atoms with Crippen LogP contribution in [0.4, 0.5) is 0 Å².